The van der Waals surface area contributed by atoms with E-state index in [1.165, 1.54) is 11.8 Å². The van der Waals surface area contributed by atoms with Gasteiger partial charge in [-0.1, -0.05) is 0 Å². The highest BCUT2D eigenvalue weighted by Gasteiger charge is 2.34. The van der Waals surface area contributed by atoms with Crippen molar-refractivity contribution in [1.29, 1.82) is 5.26 Å². The van der Waals surface area contributed by atoms with Crippen LogP contribution in [-0.4, -0.2) is 30.0 Å². The van der Waals surface area contributed by atoms with Gasteiger partial charge in [-0.15, -0.1) is 11.8 Å². The molecule has 1 aliphatic rings. The SMILES string of the molecule is N#Cc1ccc(C(F)(F)F)c(NC(=O)C2CNCCS2)c1. The molecule has 0 bridgehead atoms. The number of anilines is 1. The zero-order chi connectivity index (χ0) is 15.5. The second kappa shape index (κ2) is 6.37. The standard InChI is InChI=1S/C13H12F3N3OS/c14-13(15,16)9-2-1-8(6-17)5-10(9)19-12(20)11-7-18-3-4-21-11/h1-2,5,11,18H,3-4,7H2,(H,19,20). The van der Waals surface area contributed by atoms with Crippen LogP contribution in [0, 0.1) is 11.3 Å². The third-order valence-electron chi connectivity index (χ3n) is 2.93. The Morgan fingerprint density at radius 2 is 2.24 bits per heavy atom. The third kappa shape index (κ3) is 3.89. The summed E-state index contributed by atoms with van der Waals surface area (Å²) in [6, 6.07) is 4.69. The topological polar surface area (TPSA) is 64.9 Å². The van der Waals surface area contributed by atoms with E-state index in [4.69, 9.17) is 5.26 Å². The lowest BCUT2D eigenvalue weighted by molar-refractivity contribution is -0.137. The Labute approximate surface area is 123 Å². The number of nitriles is 1. The average molecular weight is 315 g/mol. The second-order valence-electron chi connectivity index (χ2n) is 4.42. The van der Waals surface area contributed by atoms with Crippen molar-refractivity contribution in [3.63, 3.8) is 0 Å². The smallest absolute Gasteiger partial charge is 0.324 e. The summed E-state index contributed by atoms with van der Waals surface area (Å²) in [5.74, 6) is 0.232. The second-order valence-corrected chi connectivity index (χ2v) is 5.73. The molecule has 1 aromatic rings. The van der Waals surface area contributed by atoms with Gasteiger partial charge in [0.1, 0.15) is 0 Å². The number of nitrogens with zero attached hydrogens (tertiary/aromatic N) is 1. The fourth-order valence-corrected chi connectivity index (χ4v) is 2.90. The molecule has 8 heteroatoms. The summed E-state index contributed by atoms with van der Waals surface area (Å²) < 4.78 is 38.8. The summed E-state index contributed by atoms with van der Waals surface area (Å²) in [5.41, 5.74) is -1.27. The highest BCUT2D eigenvalue weighted by Crippen LogP contribution is 2.35. The zero-order valence-electron chi connectivity index (χ0n) is 10.8. The molecule has 1 saturated heterocycles. The van der Waals surface area contributed by atoms with Crippen LogP contribution in [0.15, 0.2) is 18.2 Å². The molecule has 1 unspecified atom stereocenters. The molecular formula is C13H12F3N3OS. The fourth-order valence-electron chi connectivity index (χ4n) is 1.91. The molecule has 21 heavy (non-hydrogen) atoms. The molecule has 0 radical (unpaired) electrons. The van der Waals surface area contributed by atoms with Crippen molar-refractivity contribution in [3.8, 4) is 6.07 Å². The first-order valence-corrected chi connectivity index (χ1v) is 7.21. The lowest BCUT2D eigenvalue weighted by atomic mass is 10.1. The highest BCUT2D eigenvalue weighted by atomic mass is 32.2. The number of hydrogen-bond donors (Lipinski definition) is 2. The van der Waals surface area contributed by atoms with E-state index in [0.717, 1.165) is 30.5 Å². The highest BCUT2D eigenvalue weighted by molar-refractivity contribution is 8.00. The Kier molecular flexibility index (Phi) is 4.75. The molecule has 112 valence electrons. The number of nitrogens with one attached hydrogen (secondary N) is 2. The summed E-state index contributed by atoms with van der Waals surface area (Å²) in [5, 5.41) is 13.6. The van der Waals surface area contributed by atoms with Crippen LogP contribution >= 0.6 is 11.8 Å². The van der Waals surface area contributed by atoms with Crippen LogP contribution in [0.2, 0.25) is 0 Å². The zero-order valence-corrected chi connectivity index (χ0v) is 11.6. The van der Waals surface area contributed by atoms with E-state index in [9.17, 15) is 18.0 Å². The molecule has 1 aliphatic heterocycles. The monoisotopic (exact) mass is 315 g/mol. The molecular weight excluding hydrogens is 303 g/mol. The fraction of sp³-hybridized carbons (Fsp3) is 0.385. The number of thioether (sulfide) groups is 1. The Morgan fingerprint density at radius 1 is 1.48 bits per heavy atom. The summed E-state index contributed by atoms with van der Waals surface area (Å²) >= 11 is 1.39. The number of benzene rings is 1. The van der Waals surface area contributed by atoms with Crippen LogP contribution in [0.1, 0.15) is 11.1 Å². The summed E-state index contributed by atoms with van der Waals surface area (Å²) in [6.07, 6.45) is -4.59. The summed E-state index contributed by atoms with van der Waals surface area (Å²) in [7, 11) is 0. The van der Waals surface area contributed by atoms with Crippen molar-refractivity contribution in [2.24, 2.45) is 0 Å². The molecule has 1 amide bonds. The quantitative estimate of drug-likeness (QED) is 0.878. The summed E-state index contributed by atoms with van der Waals surface area (Å²) in [6.45, 7) is 1.18. The van der Waals surface area contributed by atoms with Gasteiger partial charge < -0.3 is 10.6 Å². The van der Waals surface area contributed by atoms with Crippen LogP contribution in [0.4, 0.5) is 18.9 Å². The largest absolute Gasteiger partial charge is 0.418 e. The molecule has 0 aromatic heterocycles. The summed E-state index contributed by atoms with van der Waals surface area (Å²) in [4.78, 5) is 12.0. The van der Waals surface area contributed by atoms with Gasteiger partial charge in [-0.2, -0.15) is 18.4 Å². The molecule has 4 nitrogen and oxygen atoms in total. The maximum Gasteiger partial charge on any atom is 0.418 e. The number of amides is 1. The van der Waals surface area contributed by atoms with Crippen molar-refractivity contribution in [2.75, 3.05) is 24.2 Å². The minimum Gasteiger partial charge on any atom is -0.324 e. The normalized spacial score (nSPS) is 18.9. The molecule has 1 aromatic carbocycles. The van der Waals surface area contributed by atoms with Gasteiger partial charge >= 0.3 is 6.18 Å². The van der Waals surface area contributed by atoms with E-state index in [1.807, 2.05) is 0 Å². The number of halogens is 3. The van der Waals surface area contributed by atoms with Crippen LogP contribution in [-0.2, 0) is 11.0 Å². The first-order chi connectivity index (χ1) is 9.91. The van der Waals surface area contributed by atoms with Crippen molar-refractivity contribution >= 4 is 23.4 Å². The average Bonchev–Trinajstić information content (AvgIpc) is 2.46. The molecule has 1 heterocycles. The van der Waals surface area contributed by atoms with Crippen molar-refractivity contribution < 1.29 is 18.0 Å². The Hall–Kier alpha value is -1.72. The van der Waals surface area contributed by atoms with Gasteiger partial charge in [0.25, 0.3) is 0 Å². The van der Waals surface area contributed by atoms with Gasteiger partial charge in [0.15, 0.2) is 0 Å². The molecule has 0 aliphatic carbocycles. The molecule has 2 N–H and O–H groups in total. The molecule has 0 spiro atoms. The van der Waals surface area contributed by atoms with E-state index in [0.29, 0.717) is 6.54 Å². The van der Waals surface area contributed by atoms with Gasteiger partial charge in [0.2, 0.25) is 5.91 Å². The van der Waals surface area contributed by atoms with E-state index in [-0.39, 0.29) is 11.3 Å². The van der Waals surface area contributed by atoms with Crippen LogP contribution < -0.4 is 10.6 Å². The molecule has 2 rings (SSSR count). The minimum absolute atomic E-state index is 0.0627. The number of alkyl halides is 3. The number of hydrogen-bond acceptors (Lipinski definition) is 4. The van der Waals surface area contributed by atoms with Gasteiger partial charge in [-0.3, -0.25) is 4.79 Å². The van der Waals surface area contributed by atoms with E-state index < -0.39 is 22.9 Å². The van der Waals surface area contributed by atoms with Gasteiger partial charge in [0, 0.05) is 18.8 Å². The minimum atomic E-state index is -4.59. The lowest BCUT2D eigenvalue weighted by Gasteiger charge is -2.22. The Morgan fingerprint density at radius 3 is 2.81 bits per heavy atom. The van der Waals surface area contributed by atoms with Crippen LogP contribution in [0.25, 0.3) is 0 Å². The van der Waals surface area contributed by atoms with Gasteiger partial charge in [-0.25, -0.2) is 0 Å². The first kappa shape index (κ1) is 15.7. The predicted octanol–water partition coefficient (Wildman–Crippen LogP) is 2.22. The maximum atomic E-state index is 12.9. The van der Waals surface area contributed by atoms with E-state index >= 15 is 0 Å². The number of carbonyl (C=O) groups is 1. The predicted molar refractivity (Wildman–Crippen MR) is 73.9 cm³/mol. The van der Waals surface area contributed by atoms with Crippen LogP contribution in [0.3, 0.4) is 0 Å². The lowest BCUT2D eigenvalue weighted by Crippen LogP contribution is -2.40. The third-order valence-corrected chi connectivity index (χ3v) is 4.15. The Balaban J connectivity index is 2.25. The maximum absolute atomic E-state index is 12.9. The number of rotatable bonds is 2. The van der Waals surface area contributed by atoms with Crippen LogP contribution in [0.5, 0.6) is 0 Å². The van der Waals surface area contributed by atoms with E-state index in [1.54, 1.807) is 6.07 Å². The van der Waals surface area contributed by atoms with E-state index in [2.05, 4.69) is 10.6 Å². The van der Waals surface area contributed by atoms with Crippen molar-refractivity contribution in [1.82, 2.24) is 5.32 Å². The van der Waals surface area contributed by atoms with Gasteiger partial charge in [0.05, 0.1) is 28.1 Å². The first-order valence-electron chi connectivity index (χ1n) is 6.16. The van der Waals surface area contributed by atoms with Crippen molar-refractivity contribution in [2.45, 2.75) is 11.4 Å². The number of carbonyl (C=O) groups excluding carboxylic acids is 1. The van der Waals surface area contributed by atoms with Gasteiger partial charge in [-0.05, 0) is 18.2 Å². The molecule has 1 atom stereocenters. The Bertz CT molecular complexity index is 577. The molecule has 1 fully saturated rings. The van der Waals surface area contributed by atoms with Crippen molar-refractivity contribution in [3.05, 3.63) is 29.3 Å². The molecule has 0 saturated carbocycles.